The Morgan fingerprint density at radius 3 is 2.78 bits per heavy atom. The first kappa shape index (κ1) is 12.9. The van der Waals surface area contributed by atoms with Gasteiger partial charge in [-0.3, -0.25) is 0 Å². The van der Waals surface area contributed by atoms with Gasteiger partial charge < -0.3 is 14.7 Å². The van der Waals surface area contributed by atoms with Gasteiger partial charge in [0.2, 0.25) is 0 Å². The lowest BCUT2D eigenvalue weighted by atomic mass is 10.1. The van der Waals surface area contributed by atoms with Crippen LogP contribution in [0.15, 0.2) is 29.4 Å². The molecule has 1 N–H and O–H groups in total. The van der Waals surface area contributed by atoms with Gasteiger partial charge in [-0.1, -0.05) is 12.1 Å². The van der Waals surface area contributed by atoms with Crippen LogP contribution in [0.2, 0.25) is 0 Å². The number of ether oxygens (including phenoxy) is 2. The second-order valence-corrected chi connectivity index (χ2v) is 4.47. The molecule has 18 heavy (non-hydrogen) atoms. The average molecular weight is 249 g/mol. The summed E-state index contributed by atoms with van der Waals surface area (Å²) >= 11 is 0. The number of benzene rings is 1. The molecular weight excluding hydrogens is 230 g/mol. The van der Waals surface area contributed by atoms with Gasteiger partial charge in [0.25, 0.3) is 0 Å². The fraction of sp³-hybridized carbons (Fsp3) is 0.500. The molecule has 1 aromatic carbocycles. The molecule has 4 nitrogen and oxygen atoms in total. The molecule has 1 unspecified atom stereocenters. The number of rotatable bonds is 5. The fourth-order valence-electron chi connectivity index (χ4n) is 2.00. The molecule has 0 aliphatic carbocycles. The average Bonchev–Trinajstić information content (AvgIpc) is 2.92. The van der Waals surface area contributed by atoms with Gasteiger partial charge in [0.1, 0.15) is 5.75 Å². The minimum Gasteiger partial charge on any atom is -0.493 e. The van der Waals surface area contributed by atoms with E-state index in [0.29, 0.717) is 24.7 Å². The quantitative estimate of drug-likeness (QED) is 0.496. The minimum atomic E-state index is 0.509. The molecule has 0 radical (unpaired) electrons. The molecule has 1 aliphatic heterocycles. The number of nitrogens with zero attached hydrogens (tertiary/aromatic N) is 1. The first-order valence-electron chi connectivity index (χ1n) is 6.35. The molecule has 0 spiro atoms. The van der Waals surface area contributed by atoms with E-state index in [2.05, 4.69) is 5.16 Å². The van der Waals surface area contributed by atoms with Gasteiger partial charge in [-0.2, -0.15) is 0 Å². The first-order valence-corrected chi connectivity index (χ1v) is 6.35. The number of hydrogen-bond donors (Lipinski definition) is 1. The predicted molar refractivity (Wildman–Crippen MR) is 69.5 cm³/mol. The van der Waals surface area contributed by atoms with Gasteiger partial charge in [-0.15, -0.1) is 0 Å². The normalized spacial score (nSPS) is 20.1. The van der Waals surface area contributed by atoms with E-state index in [0.717, 1.165) is 30.9 Å². The van der Waals surface area contributed by atoms with Gasteiger partial charge in [0.05, 0.1) is 18.9 Å². The predicted octanol–water partition coefficient (Wildman–Crippen LogP) is 2.69. The largest absolute Gasteiger partial charge is 0.493 e. The third-order valence-electron chi connectivity index (χ3n) is 3.15. The zero-order chi connectivity index (χ0) is 12.8. The number of oxime groups is 1. The number of hydrogen-bond acceptors (Lipinski definition) is 4. The second kappa shape index (κ2) is 6.40. The van der Waals surface area contributed by atoms with E-state index >= 15 is 0 Å². The highest BCUT2D eigenvalue weighted by Crippen LogP contribution is 2.17. The molecule has 0 aromatic heterocycles. The Hall–Kier alpha value is -1.55. The zero-order valence-corrected chi connectivity index (χ0v) is 10.6. The Morgan fingerprint density at radius 2 is 2.22 bits per heavy atom. The van der Waals surface area contributed by atoms with E-state index in [9.17, 15) is 0 Å². The van der Waals surface area contributed by atoms with Crippen molar-refractivity contribution in [1.29, 1.82) is 0 Å². The molecule has 1 atom stereocenters. The molecule has 0 saturated carbocycles. The lowest BCUT2D eigenvalue weighted by Gasteiger charge is -2.10. The van der Waals surface area contributed by atoms with Crippen molar-refractivity contribution < 1.29 is 14.7 Å². The van der Waals surface area contributed by atoms with Crippen LogP contribution < -0.4 is 4.74 Å². The minimum absolute atomic E-state index is 0.509. The maximum Gasteiger partial charge on any atom is 0.119 e. The van der Waals surface area contributed by atoms with Crippen LogP contribution in [0.25, 0.3) is 0 Å². The molecule has 1 fully saturated rings. The highest BCUT2D eigenvalue weighted by atomic mass is 16.5. The van der Waals surface area contributed by atoms with E-state index in [1.54, 1.807) is 0 Å². The Balaban J connectivity index is 1.90. The lowest BCUT2D eigenvalue weighted by molar-refractivity contribution is 0.167. The van der Waals surface area contributed by atoms with E-state index in [-0.39, 0.29) is 0 Å². The molecule has 0 bridgehead atoms. The summed E-state index contributed by atoms with van der Waals surface area (Å²) in [6, 6.07) is 7.65. The maximum atomic E-state index is 8.84. The first-order chi connectivity index (χ1) is 8.83. The molecule has 2 rings (SSSR count). The van der Waals surface area contributed by atoms with Crippen molar-refractivity contribution in [3.63, 3.8) is 0 Å². The van der Waals surface area contributed by atoms with Crippen molar-refractivity contribution in [3.05, 3.63) is 29.8 Å². The Labute approximate surface area is 107 Å². The van der Waals surface area contributed by atoms with E-state index in [4.69, 9.17) is 14.7 Å². The molecular formula is C14H19NO3. The fourth-order valence-corrected chi connectivity index (χ4v) is 2.00. The van der Waals surface area contributed by atoms with Crippen molar-refractivity contribution in [2.75, 3.05) is 19.8 Å². The Morgan fingerprint density at radius 1 is 1.44 bits per heavy atom. The summed E-state index contributed by atoms with van der Waals surface area (Å²) in [6.07, 6.45) is 1.78. The van der Waals surface area contributed by atoms with Crippen LogP contribution >= 0.6 is 0 Å². The van der Waals surface area contributed by atoms with E-state index in [1.165, 1.54) is 0 Å². The molecule has 1 aromatic rings. The summed E-state index contributed by atoms with van der Waals surface area (Å²) in [5.41, 5.74) is 1.61. The van der Waals surface area contributed by atoms with Crippen LogP contribution in [0.3, 0.4) is 0 Å². The monoisotopic (exact) mass is 249 g/mol. The third-order valence-corrected chi connectivity index (χ3v) is 3.15. The summed E-state index contributed by atoms with van der Waals surface area (Å²) < 4.78 is 11.0. The van der Waals surface area contributed by atoms with Crippen molar-refractivity contribution in [3.8, 4) is 5.75 Å². The third kappa shape index (κ3) is 3.23. The Kier molecular flexibility index (Phi) is 4.59. The summed E-state index contributed by atoms with van der Waals surface area (Å²) in [6.45, 7) is 4.31. The molecule has 1 heterocycles. The lowest BCUT2D eigenvalue weighted by Crippen LogP contribution is -2.11. The highest BCUT2D eigenvalue weighted by Gasteiger charge is 2.16. The Bertz CT molecular complexity index is 394. The SMILES string of the molecule is CCC(=NO)c1ccc(OCC2CCOC2)cc1. The van der Waals surface area contributed by atoms with Crippen LogP contribution in [0.4, 0.5) is 0 Å². The smallest absolute Gasteiger partial charge is 0.119 e. The van der Waals surface area contributed by atoms with Crippen molar-refractivity contribution in [2.45, 2.75) is 19.8 Å². The van der Waals surface area contributed by atoms with Crippen LogP contribution in [0.5, 0.6) is 5.75 Å². The van der Waals surface area contributed by atoms with Crippen molar-refractivity contribution in [2.24, 2.45) is 11.1 Å². The van der Waals surface area contributed by atoms with Gasteiger partial charge in [0, 0.05) is 12.5 Å². The molecule has 1 saturated heterocycles. The van der Waals surface area contributed by atoms with Crippen molar-refractivity contribution >= 4 is 5.71 Å². The van der Waals surface area contributed by atoms with Gasteiger partial charge in [-0.05, 0) is 42.7 Å². The molecule has 98 valence electrons. The van der Waals surface area contributed by atoms with Gasteiger partial charge >= 0.3 is 0 Å². The van der Waals surface area contributed by atoms with Crippen LogP contribution in [-0.4, -0.2) is 30.7 Å². The summed E-state index contributed by atoms with van der Waals surface area (Å²) in [7, 11) is 0. The summed E-state index contributed by atoms with van der Waals surface area (Å²) in [5, 5.41) is 12.1. The van der Waals surface area contributed by atoms with Crippen molar-refractivity contribution in [1.82, 2.24) is 0 Å². The van der Waals surface area contributed by atoms with Gasteiger partial charge in [0.15, 0.2) is 0 Å². The maximum absolute atomic E-state index is 8.84. The molecule has 1 aliphatic rings. The van der Waals surface area contributed by atoms with E-state index in [1.807, 2.05) is 31.2 Å². The molecule has 4 heteroatoms. The van der Waals surface area contributed by atoms with Crippen LogP contribution in [-0.2, 0) is 4.74 Å². The van der Waals surface area contributed by atoms with Crippen LogP contribution in [0.1, 0.15) is 25.3 Å². The van der Waals surface area contributed by atoms with Crippen LogP contribution in [0, 0.1) is 5.92 Å². The summed E-state index contributed by atoms with van der Waals surface area (Å²) in [5.74, 6) is 1.36. The topological polar surface area (TPSA) is 51.1 Å². The second-order valence-electron chi connectivity index (χ2n) is 4.47. The zero-order valence-electron chi connectivity index (χ0n) is 10.6. The summed E-state index contributed by atoms with van der Waals surface area (Å²) in [4.78, 5) is 0. The standard InChI is InChI=1S/C14H19NO3/c1-2-14(15-16)12-3-5-13(6-4-12)18-10-11-7-8-17-9-11/h3-6,11,16H,2,7-10H2,1H3. The van der Waals surface area contributed by atoms with E-state index < -0.39 is 0 Å². The highest BCUT2D eigenvalue weighted by molar-refractivity contribution is 6.00. The van der Waals surface area contributed by atoms with Gasteiger partial charge in [-0.25, -0.2) is 0 Å². The molecule has 0 amide bonds.